The van der Waals surface area contributed by atoms with Crippen LogP contribution in [-0.2, 0) is 0 Å². The number of nitriles is 1. The zero-order valence-electron chi connectivity index (χ0n) is 8.95. The van der Waals surface area contributed by atoms with Gasteiger partial charge in [-0.15, -0.1) is 0 Å². The molecule has 1 aromatic heterocycles. The maximum Gasteiger partial charge on any atom is 0.164 e. The first-order valence-electron chi connectivity index (χ1n) is 5.25. The van der Waals surface area contributed by atoms with Crippen molar-refractivity contribution in [2.75, 3.05) is 0 Å². The Morgan fingerprint density at radius 1 is 1.38 bits per heavy atom. The summed E-state index contributed by atoms with van der Waals surface area (Å²) in [7, 11) is 0. The molecule has 3 nitrogen and oxygen atoms in total. The van der Waals surface area contributed by atoms with E-state index in [-0.39, 0.29) is 5.78 Å². The van der Waals surface area contributed by atoms with Crippen molar-refractivity contribution in [2.45, 2.75) is 32.1 Å². The Balaban J connectivity index is 2.30. The molecule has 0 saturated carbocycles. The van der Waals surface area contributed by atoms with E-state index >= 15 is 0 Å². The fourth-order valence-corrected chi connectivity index (χ4v) is 1.46. The Bertz CT molecular complexity index is 381. The van der Waals surface area contributed by atoms with E-state index in [4.69, 9.17) is 16.9 Å². The lowest BCUT2D eigenvalue weighted by atomic mass is 10.1. The molecule has 0 bridgehead atoms. The molecule has 4 heteroatoms. The summed E-state index contributed by atoms with van der Waals surface area (Å²) >= 11 is 5.62. The van der Waals surface area contributed by atoms with Gasteiger partial charge in [0.15, 0.2) is 5.78 Å². The molecule has 16 heavy (non-hydrogen) atoms. The summed E-state index contributed by atoms with van der Waals surface area (Å²) in [6, 6.07) is 5.39. The third-order valence-electron chi connectivity index (χ3n) is 2.24. The molecule has 0 aliphatic carbocycles. The topological polar surface area (TPSA) is 53.8 Å². The van der Waals surface area contributed by atoms with Gasteiger partial charge in [0.05, 0.1) is 6.07 Å². The first kappa shape index (κ1) is 12.7. The average molecular weight is 237 g/mol. The maximum absolute atomic E-state index is 11.6. The second-order valence-corrected chi connectivity index (χ2v) is 3.90. The summed E-state index contributed by atoms with van der Waals surface area (Å²) in [5.41, 5.74) is 0.602. The molecular weight excluding hydrogens is 224 g/mol. The van der Waals surface area contributed by atoms with E-state index in [0.717, 1.165) is 19.3 Å². The number of carbonyl (C=O) groups excluding carboxylic acids is 1. The molecule has 0 amide bonds. The van der Waals surface area contributed by atoms with Crippen LogP contribution in [0.4, 0.5) is 0 Å². The summed E-state index contributed by atoms with van der Waals surface area (Å²) in [6.45, 7) is 0. The van der Waals surface area contributed by atoms with Gasteiger partial charge in [0.1, 0.15) is 5.15 Å². The number of unbranched alkanes of at least 4 members (excludes halogenated alkanes) is 3. The minimum absolute atomic E-state index is 0.0844. The van der Waals surface area contributed by atoms with Crippen LogP contribution >= 0.6 is 11.6 Å². The highest BCUT2D eigenvalue weighted by Gasteiger charge is 2.05. The smallest absolute Gasteiger partial charge is 0.164 e. The molecule has 0 fully saturated rings. The maximum atomic E-state index is 11.6. The number of ketones is 1. The monoisotopic (exact) mass is 236 g/mol. The van der Waals surface area contributed by atoms with Gasteiger partial charge in [0, 0.05) is 24.6 Å². The Hall–Kier alpha value is -1.40. The van der Waals surface area contributed by atoms with Gasteiger partial charge in [-0.1, -0.05) is 18.0 Å². The molecule has 0 saturated heterocycles. The first-order valence-corrected chi connectivity index (χ1v) is 5.63. The second kappa shape index (κ2) is 6.97. The number of Topliss-reactive ketones (excluding diaryl/α,β-unsaturated/α-hetero) is 1. The van der Waals surface area contributed by atoms with Gasteiger partial charge in [-0.3, -0.25) is 4.79 Å². The molecule has 0 aromatic carbocycles. The highest BCUT2D eigenvalue weighted by atomic mass is 35.5. The number of carbonyl (C=O) groups is 1. The van der Waals surface area contributed by atoms with Crippen LogP contribution in [-0.4, -0.2) is 10.8 Å². The van der Waals surface area contributed by atoms with Gasteiger partial charge >= 0.3 is 0 Å². The van der Waals surface area contributed by atoms with Gasteiger partial charge in [-0.2, -0.15) is 5.26 Å². The van der Waals surface area contributed by atoms with Crippen molar-refractivity contribution in [3.63, 3.8) is 0 Å². The van der Waals surface area contributed by atoms with Crippen molar-refractivity contribution in [1.29, 1.82) is 5.26 Å². The lowest BCUT2D eigenvalue weighted by Crippen LogP contribution is -1.99. The largest absolute Gasteiger partial charge is 0.294 e. The number of hydrogen-bond acceptors (Lipinski definition) is 3. The van der Waals surface area contributed by atoms with Crippen molar-refractivity contribution in [1.82, 2.24) is 4.98 Å². The third-order valence-corrected chi connectivity index (χ3v) is 2.47. The van der Waals surface area contributed by atoms with Crippen LogP contribution in [0.3, 0.4) is 0 Å². The van der Waals surface area contributed by atoms with Crippen LogP contribution in [0.5, 0.6) is 0 Å². The molecule has 1 rings (SSSR count). The second-order valence-electron chi connectivity index (χ2n) is 3.51. The summed E-state index contributed by atoms with van der Waals surface area (Å²) in [4.78, 5) is 15.5. The highest BCUT2D eigenvalue weighted by Crippen LogP contribution is 2.10. The van der Waals surface area contributed by atoms with E-state index in [1.807, 2.05) is 0 Å². The molecule has 0 spiro atoms. The van der Waals surface area contributed by atoms with Crippen LogP contribution in [0.25, 0.3) is 0 Å². The van der Waals surface area contributed by atoms with Gasteiger partial charge in [0.2, 0.25) is 0 Å². The Labute approximate surface area is 100 Å². The van der Waals surface area contributed by atoms with Crippen molar-refractivity contribution >= 4 is 17.4 Å². The minimum atomic E-state index is 0.0844. The van der Waals surface area contributed by atoms with Gasteiger partial charge < -0.3 is 0 Å². The van der Waals surface area contributed by atoms with E-state index < -0.39 is 0 Å². The molecule has 84 valence electrons. The van der Waals surface area contributed by atoms with Crippen LogP contribution < -0.4 is 0 Å². The molecule has 0 unspecified atom stereocenters. The molecule has 0 atom stereocenters. The number of halogens is 1. The summed E-state index contributed by atoms with van der Waals surface area (Å²) in [5.74, 6) is 0.0844. The number of nitrogens with zero attached hydrogens (tertiary/aromatic N) is 2. The van der Waals surface area contributed by atoms with Crippen LogP contribution in [0.1, 0.15) is 42.5 Å². The summed E-state index contributed by atoms with van der Waals surface area (Å²) in [5, 5.41) is 8.74. The van der Waals surface area contributed by atoms with Crippen LogP contribution in [0.15, 0.2) is 18.3 Å². The van der Waals surface area contributed by atoms with Crippen molar-refractivity contribution in [2.24, 2.45) is 0 Å². The minimum Gasteiger partial charge on any atom is -0.294 e. The Kier molecular flexibility index (Phi) is 5.52. The SMILES string of the molecule is N#CCCCCCC(=O)c1ccc(Cl)nc1. The van der Waals surface area contributed by atoms with E-state index in [0.29, 0.717) is 23.6 Å². The molecule has 0 N–H and O–H groups in total. The number of hydrogen-bond donors (Lipinski definition) is 0. The molecule has 1 aromatic rings. The lowest BCUT2D eigenvalue weighted by molar-refractivity contribution is 0.0979. The van der Waals surface area contributed by atoms with Crippen LogP contribution in [0, 0.1) is 11.3 Å². The van der Waals surface area contributed by atoms with Crippen molar-refractivity contribution in [3.05, 3.63) is 29.0 Å². The third kappa shape index (κ3) is 4.41. The zero-order valence-corrected chi connectivity index (χ0v) is 9.70. The van der Waals surface area contributed by atoms with Gasteiger partial charge in [-0.25, -0.2) is 4.98 Å². The summed E-state index contributed by atoms with van der Waals surface area (Å²) < 4.78 is 0. The van der Waals surface area contributed by atoms with Gasteiger partial charge in [-0.05, 0) is 25.0 Å². The standard InChI is InChI=1S/C12H13ClN2O/c13-12-7-6-10(9-15-12)11(16)5-3-1-2-4-8-14/h6-7,9H,1-5H2. The Morgan fingerprint density at radius 3 is 2.81 bits per heavy atom. The average Bonchev–Trinajstić information content (AvgIpc) is 2.29. The van der Waals surface area contributed by atoms with E-state index in [1.54, 1.807) is 12.1 Å². The number of rotatable bonds is 6. The fourth-order valence-electron chi connectivity index (χ4n) is 1.35. The predicted octanol–water partition coefficient (Wildman–Crippen LogP) is 3.39. The number of pyridine rings is 1. The zero-order chi connectivity index (χ0) is 11.8. The van der Waals surface area contributed by atoms with Gasteiger partial charge in [0.25, 0.3) is 0 Å². The lowest BCUT2D eigenvalue weighted by Gasteiger charge is -2.00. The Morgan fingerprint density at radius 2 is 2.19 bits per heavy atom. The van der Waals surface area contributed by atoms with E-state index in [2.05, 4.69) is 11.1 Å². The quantitative estimate of drug-likeness (QED) is 0.432. The van der Waals surface area contributed by atoms with Crippen LogP contribution in [0.2, 0.25) is 5.15 Å². The van der Waals surface area contributed by atoms with Crippen molar-refractivity contribution in [3.8, 4) is 6.07 Å². The highest BCUT2D eigenvalue weighted by molar-refractivity contribution is 6.29. The molecule has 0 aliphatic heterocycles. The first-order chi connectivity index (χ1) is 7.74. The predicted molar refractivity (Wildman–Crippen MR) is 62.3 cm³/mol. The van der Waals surface area contributed by atoms with Crippen molar-refractivity contribution < 1.29 is 4.79 Å². The molecular formula is C12H13ClN2O. The molecule has 0 aliphatic rings. The number of aromatic nitrogens is 1. The van der Waals surface area contributed by atoms with E-state index in [9.17, 15) is 4.79 Å². The normalized spacial score (nSPS) is 9.75. The summed E-state index contributed by atoms with van der Waals surface area (Å²) in [6.07, 6.45) is 5.18. The molecule has 0 radical (unpaired) electrons. The van der Waals surface area contributed by atoms with E-state index in [1.165, 1.54) is 6.20 Å². The fraction of sp³-hybridized carbons (Fsp3) is 0.417. The molecule has 1 heterocycles.